The summed E-state index contributed by atoms with van der Waals surface area (Å²) in [5, 5.41) is 9.67. The summed E-state index contributed by atoms with van der Waals surface area (Å²) in [6, 6.07) is 0. The van der Waals surface area contributed by atoms with Crippen LogP contribution in [0.1, 0.15) is 19.8 Å². The van der Waals surface area contributed by atoms with Crippen molar-refractivity contribution in [1.29, 1.82) is 0 Å². The van der Waals surface area contributed by atoms with Crippen LogP contribution in [0.15, 0.2) is 0 Å². The summed E-state index contributed by atoms with van der Waals surface area (Å²) >= 11 is 5.43. The lowest BCUT2D eigenvalue weighted by atomic mass is 10.2. The smallest absolute Gasteiger partial charge is 0.0414 e. The van der Waals surface area contributed by atoms with Crippen molar-refractivity contribution in [3.63, 3.8) is 0 Å². The second-order valence-corrected chi connectivity index (χ2v) is 2.44. The molecule has 0 aromatic rings. The molecule has 3 nitrogen and oxygen atoms in total. The Balaban J connectivity index is 0. The van der Waals surface area contributed by atoms with Gasteiger partial charge in [0.15, 0.2) is 0 Å². The van der Waals surface area contributed by atoms with Gasteiger partial charge >= 0.3 is 0 Å². The van der Waals surface area contributed by atoms with Gasteiger partial charge in [0.1, 0.15) is 0 Å². The summed E-state index contributed by atoms with van der Waals surface area (Å²) in [6.45, 7) is 1.75. The molecule has 0 aromatic carbocycles. The highest BCUT2D eigenvalue weighted by molar-refractivity contribution is 6.20. The summed E-state index contributed by atoms with van der Waals surface area (Å²) in [5.74, 6) is -1.03. The number of carboxylic acids is 1. The first-order valence-electron chi connectivity index (χ1n) is 2.47. The zero-order valence-corrected chi connectivity index (χ0v) is 6.44. The Hall–Kier alpha value is -0.280. The van der Waals surface area contributed by atoms with Gasteiger partial charge in [-0.1, -0.05) is 0 Å². The highest BCUT2D eigenvalue weighted by Crippen LogP contribution is 2.01. The van der Waals surface area contributed by atoms with Crippen LogP contribution in [0.4, 0.5) is 0 Å². The Labute approximate surface area is 59.6 Å². The highest BCUT2D eigenvalue weighted by Gasteiger charge is 1.93. The Kier molecular flexibility index (Phi) is 7.48. The third-order valence-corrected chi connectivity index (χ3v) is 0.964. The fraction of sp³-hybridized carbons (Fsp3) is 0.800. The van der Waals surface area contributed by atoms with Crippen LogP contribution in [0.25, 0.3) is 0 Å². The molecule has 0 heterocycles. The molecule has 0 spiro atoms. The van der Waals surface area contributed by atoms with Crippen LogP contribution in [0.3, 0.4) is 0 Å². The minimum atomic E-state index is -1.03. The van der Waals surface area contributed by atoms with Crippen molar-refractivity contribution in [2.75, 3.05) is 0 Å². The van der Waals surface area contributed by atoms with Crippen LogP contribution in [-0.2, 0) is 4.79 Å². The largest absolute Gasteiger partial charge is 0.550 e. The maximum Gasteiger partial charge on any atom is 0.0414 e. The zero-order chi connectivity index (χ0) is 6.57. The molecule has 1 unspecified atom stereocenters. The van der Waals surface area contributed by atoms with Crippen molar-refractivity contribution < 1.29 is 9.90 Å². The van der Waals surface area contributed by atoms with Gasteiger partial charge in [0, 0.05) is 11.3 Å². The third kappa shape index (κ3) is 11.3. The number of rotatable bonds is 3. The molecule has 4 heteroatoms. The maximum atomic E-state index is 9.73. The normalized spacial score (nSPS) is 11.8. The Morgan fingerprint density at radius 1 is 1.78 bits per heavy atom. The Morgan fingerprint density at radius 2 is 2.22 bits per heavy atom. The van der Waals surface area contributed by atoms with Crippen LogP contribution in [0.2, 0.25) is 0 Å². The number of halogens is 1. The van der Waals surface area contributed by atoms with E-state index in [0.717, 1.165) is 0 Å². The number of alkyl halides is 1. The topological polar surface area (TPSA) is 76.6 Å². The average molecular weight is 154 g/mol. The average Bonchev–Trinajstić information content (AvgIpc) is 1.61. The monoisotopic (exact) mass is 153 g/mol. The summed E-state index contributed by atoms with van der Waals surface area (Å²) in [5.41, 5.74) is 0. The predicted molar refractivity (Wildman–Crippen MR) is 35.5 cm³/mol. The number of carboxylic acid groups (broad SMARTS) is 1. The van der Waals surface area contributed by atoms with Crippen LogP contribution in [-0.4, -0.2) is 11.3 Å². The molecule has 4 N–H and O–H groups in total. The van der Waals surface area contributed by atoms with E-state index < -0.39 is 5.97 Å². The highest BCUT2D eigenvalue weighted by atomic mass is 35.5. The van der Waals surface area contributed by atoms with Gasteiger partial charge in [-0.05, 0) is 19.8 Å². The molecule has 0 aliphatic heterocycles. The third-order valence-electron chi connectivity index (χ3n) is 0.746. The lowest BCUT2D eigenvalue weighted by Gasteiger charge is -2.01. The van der Waals surface area contributed by atoms with Crippen molar-refractivity contribution in [1.82, 2.24) is 6.15 Å². The van der Waals surface area contributed by atoms with Crippen LogP contribution < -0.4 is 11.3 Å². The lowest BCUT2D eigenvalue weighted by molar-refractivity contribution is -0.305. The molecule has 0 fully saturated rings. The zero-order valence-electron chi connectivity index (χ0n) is 5.69. The molecule has 1 atom stereocenters. The van der Waals surface area contributed by atoms with Crippen molar-refractivity contribution >= 4 is 17.6 Å². The first-order chi connectivity index (χ1) is 3.63. The van der Waals surface area contributed by atoms with Gasteiger partial charge in [0.2, 0.25) is 0 Å². The van der Waals surface area contributed by atoms with E-state index in [1.165, 1.54) is 0 Å². The molecule has 0 aliphatic carbocycles. The van der Waals surface area contributed by atoms with Gasteiger partial charge in [0.05, 0.1) is 0 Å². The standard InChI is InChI=1S/C5H9ClO2.H3N/c1-4(6)2-3-5(7)8;/h4H,2-3H2,1H3,(H,7,8);1H3. The second-order valence-electron chi connectivity index (χ2n) is 1.69. The van der Waals surface area contributed by atoms with E-state index in [2.05, 4.69) is 0 Å². The van der Waals surface area contributed by atoms with Crippen LogP contribution in [0.5, 0.6) is 0 Å². The quantitative estimate of drug-likeness (QED) is 0.600. The van der Waals surface area contributed by atoms with E-state index in [1.807, 2.05) is 0 Å². The molecule has 0 aliphatic rings. The number of carbonyl (C=O) groups excluding carboxylic acids is 1. The van der Waals surface area contributed by atoms with Gasteiger partial charge in [0.25, 0.3) is 0 Å². The molecule has 9 heavy (non-hydrogen) atoms. The van der Waals surface area contributed by atoms with Crippen LogP contribution >= 0.6 is 11.6 Å². The second kappa shape index (κ2) is 5.85. The minimum absolute atomic E-state index is 0. The van der Waals surface area contributed by atoms with E-state index in [0.29, 0.717) is 6.42 Å². The summed E-state index contributed by atoms with van der Waals surface area (Å²) in [6.07, 6.45) is 0.550. The molecule has 0 aromatic heterocycles. The van der Waals surface area contributed by atoms with Crippen LogP contribution in [0, 0.1) is 0 Å². The van der Waals surface area contributed by atoms with Gasteiger partial charge in [-0.3, -0.25) is 0 Å². The molecule has 0 amide bonds. The number of quaternary nitrogens is 1. The lowest BCUT2D eigenvalue weighted by Crippen LogP contribution is -2.22. The molecule has 56 valence electrons. The van der Waals surface area contributed by atoms with Gasteiger partial charge < -0.3 is 16.1 Å². The van der Waals surface area contributed by atoms with E-state index in [-0.39, 0.29) is 17.9 Å². The summed E-state index contributed by atoms with van der Waals surface area (Å²) in [4.78, 5) is 9.73. The first kappa shape index (κ1) is 11.5. The van der Waals surface area contributed by atoms with Gasteiger partial charge in [-0.25, -0.2) is 0 Å². The maximum absolute atomic E-state index is 9.73. The predicted octanol–water partition coefficient (Wildman–Crippen LogP) is 0.520. The van der Waals surface area contributed by atoms with Gasteiger partial charge in [-0.15, -0.1) is 11.6 Å². The van der Waals surface area contributed by atoms with Crippen molar-refractivity contribution in [2.45, 2.75) is 25.1 Å². The number of aliphatic carboxylic acids is 1. The Morgan fingerprint density at radius 3 is 2.33 bits per heavy atom. The number of carbonyl (C=O) groups is 1. The van der Waals surface area contributed by atoms with E-state index in [1.54, 1.807) is 6.92 Å². The van der Waals surface area contributed by atoms with E-state index >= 15 is 0 Å². The molecule has 0 rings (SSSR count). The van der Waals surface area contributed by atoms with E-state index in [4.69, 9.17) is 11.6 Å². The summed E-state index contributed by atoms with van der Waals surface area (Å²) < 4.78 is 0. The molecular weight excluding hydrogens is 142 g/mol. The molecule has 0 radical (unpaired) electrons. The summed E-state index contributed by atoms with van der Waals surface area (Å²) in [7, 11) is 0. The van der Waals surface area contributed by atoms with Crippen molar-refractivity contribution in [3.8, 4) is 0 Å². The fourth-order valence-electron chi connectivity index (χ4n) is 0.317. The SMILES string of the molecule is CC(Cl)CCC(=O)[O-].[NH4+]. The Bertz CT molecular complexity index is 85.0. The molecular formula is C5H12ClNO2. The molecule has 0 bridgehead atoms. The first-order valence-corrected chi connectivity index (χ1v) is 2.90. The minimum Gasteiger partial charge on any atom is -0.550 e. The number of hydrogen-bond acceptors (Lipinski definition) is 2. The molecule has 0 saturated heterocycles. The number of hydrogen-bond donors (Lipinski definition) is 1. The van der Waals surface area contributed by atoms with Gasteiger partial charge in [-0.2, -0.15) is 0 Å². The van der Waals surface area contributed by atoms with E-state index in [9.17, 15) is 9.90 Å². The molecule has 0 saturated carbocycles. The van der Waals surface area contributed by atoms with Crippen molar-refractivity contribution in [3.05, 3.63) is 0 Å². The van der Waals surface area contributed by atoms with Crippen molar-refractivity contribution in [2.24, 2.45) is 0 Å². The fourth-order valence-corrected chi connectivity index (χ4v) is 0.426.